The Balaban J connectivity index is 2.53. The van der Waals surface area contributed by atoms with Gasteiger partial charge in [-0.2, -0.15) is 13.2 Å². The van der Waals surface area contributed by atoms with Gasteiger partial charge in [0.1, 0.15) is 5.78 Å². The first kappa shape index (κ1) is 23.4. The second-order valence-electron chi connectivity index (χ2n) is 6.64. The molecule has 1 N–H and O–H groups in total. The molecule has 1 heterocycles. The molecule has 3 unspecified atom stereocenters. The number of carbonyl (C=O) groups excluding carboxylic acids is 2. The smallest absolute Gasteiger partial charge is 0.416 e. The SMILES string of the molecule is CCOC(=O)C(=O)N1c2ccc(C(F)(F)F)cc2CCC1P(=O)(O)OC(C)CC. The lowest BCUT2D eigenvalue weighted by Gasteiger charge is -2.38. The Morgan fingerprint density at radius 3 is 2.55 bits per heavy atom. The normalized spacial score (nSPS) is 19.8. The topological polar surface area (TPSA) is 93.1 Å². The largest absolute Gasteiger partial charge is 0.459 e. The van der Waals surface area contributed by atoms with Crippen LogP contribution >= 0.6 is 7.60 Å². The van der Waals surface area contributed by atoms with Crippen LogP contribution in [-0.4, -0.2) is 35.3 Å². The van der Waals surface area contributed by atoms with Crippen LogP contribution in [0.4, 0.5) is 18.9 Å². The number of alkyl halides is 3. The summed E-state index contributed by atoms with van der Waals surface area (Å²) in [5.74, 6) is -3.92. The number of benzene rings is 1. The highest BCUT2D eigenvalue weighted by molar-refractivity contribution is 7.53. The molecule has 1 amide bonds. The molecule has 0 saturated carbocycles. The van der Waals surface area contributed by atoms with Crippen molar-refractivity contribution in [1.82, 2.24) is 0 Å². The molecule has 0 aromatic heterocycles. The third-order valence-electron chi connectivity index (χ3n) is 4.59. The number of carbonyl (C=O) groups is 2. The van der Waals surface area contributed by atoms with Gasteiger partial charge in [0.2, 0.25) is 0 Å². The number of esters is 1. The molecule has 3 atom stereocenters. The third kappa shape index (κ3) is 5.18. The Hall–Kier alpha value is -1.90. The number of nitrogens with zero attached hydrogens (tertiary/aromatic N) is 1. The predicted molar refractivity (Wildman–Crippen MR) is 98.3 cm³/mol. The van der Waals surface area contributed by atoms with E-state index in [0.717, 1.165) is 23.1 Å². The zero-order valence-corrected chi connectivity index (χ0v) is 17.1. The number of amides is 1. The molecule has 7 nitrogen and oxygen atoms in total. The van der Waals surface area contributed by atoms with Crippen molar-refractivity contribution >= 4 is 25.2 Å². The molecule has 11 heteroatoms. The Bertz CT molecular complexity index is 828. The Morgan fingerprint density at radius 2 is 2.00 bits per heavy atom. The zero-order chi connectivity index (χ0) is 22.0. The van der Waals surface area contributed by atoms with E-state index in [1.807, 2.05) is 0 Å². The van der Waals surface area contributed by atoms with Gasteiger partial charge in [0.15, 0.2) is 0 Å². The summed E-state index contributed by atoms with van der Waals surface area (Å²) in [6, 6.07) is 2.64. The van der Waals surface area contributed by atoms with Crippen LogP contribution in [0.3, 0.4) is 0 Å². The summed E-state index contributed by atoms with van der Waals surface area (Å²) in [6.07, 6.45) is -4.91. The first-order valence-corrected chi connectivity index (χ1v) is 10.8. The minimum Gasteiger partial charge on any atom is -0.459 e. The summed E-state index contributed by atoms with van der Waals surface area (Å²) in [7, 11) is -4.43. The number of hydrogen-bond donors (Lipinski definition) is 1. The summed E-state index contributed by atoms with van der Waals surface area (Å²) in [6.45, 7) is 4.68. The fourth-order valence-corrected chi connectivity index (χ4v) is 4.80. The van der Waals surface area contributed by atoms with Crippen molar-refractivity contribution in [3.8, 4) is 0 Å². The molecule has 2 rings (SSSR count). The third-order valence-corrected chi connectivity index (χ3v) is 6.49. The van der Waals surface area contributed by atoms with Crippen LogP contribution in [0.15, 0.2) is 18.2 Å². The fraction of sp³-hybridized carbons (Fsp3) is 0.556. The maximum absolute atomic E-state index is 13.0. The number of halogens is 3. The van der Waals surface area contributed by atoms with Gasteiger partial charge in [-0.1, -0.05) is 6.92 Å². The molecule has 29 heavy (non-hydrogen) atoms. The molecule has 0 spiro atoms. The van der Waals surface area contributed by atoms with Crippen LogP contribution < -0.4 is 4.90 Å². The molecule has 1 aliphatic rings. The standard InChI is InChI=1S/C18H23F3NO6P/c1-4-11(3)28-29(25,26)15-9-6-12-10-13(18(19,20)21)7-8-14(12)22(15)16(23)17(24)27-5-2/h7-8,10-11,15H,4-6,9H2,1-3H3,(H,25,26). The molecular formula is C18H23F3NO6P. The predicted octanol–water partition coefficient (Wildman–Crippen LogP) is 3.87. The second kappa shape index (κ2) is 8.85. The lowest BCUT2D eigenvalue weighted by Crippen LogP contribution is -2.48. The average Bonchev–Trinajstić information content (AvgIpc) is 2.64. The van der Waals surface area contributed by atoms with Crippen LogP contribution in [0, 0.1) is 0 Å². The summed E-state index contributed by atoms with van der Waals surface area (Å²) in [5.41, 5.74) is -0.826. The number of aryl methyl sites for hydroxylation is 1. The summed E-state index contributed by atoms with van der Waals surface area (Å²) in [4.78, 5) is 35.9. The molecule has 0 bridgehead atoms. The van der Waals surface area contributed by atoms with Crippen molar-refractivity contribution in [2.75, 3.05) is 11.5 Å². The molecule has 162 valence electrons. The van der Waals surface area contributed by atoms with Crippen LogP contribution in [0.2, 0.25) is 0 Å². The van der Waals surface area contributed by atoms with E-state index in [1.54, 1.807) is 13.8 Å². The molecule has 1 aromatic carbocycles. The van der Waals surface area contributed by atoms with Gasteiger partial charge in [0, 0.05) is 5.69 Å². The number of rotatable bonds is 5. The Labute approximate surface area is 166 Å². The van der Waals surface area contributed by atoms with Gasteiger partial charge in [0.05, 0.1) is 18.3 Å². The van der Waals surface area contributed by atoms with Crippen molar-refractivity contribution in [2.24, 2.45) is 0 Å². The van der Waals surface area contributed by atoms with Crippen LogP contribution in [0.5, 0.6) is 0 Å². The fourth-order valence-electron chi connectivity index (χ4n) is 3.02. The molecule has 0 aliphatic carbocycles. The molecular weight excluding hydrogens is 414 g/mol. The number of anilines is 1. The van der Waals surface area contributed by atoms with E-state index in [-0.39, 0.29) is 30.7 Å². The maximum Gasteiger partial charge on any atom is 0.416 e. The van der Waals surface area contributed by atoms with Gasteiger partial charge < -0.3 is 14.2 Å². The summed E-state index contributed by atoms with van der Waals surface area (Å²) >= 11 is 0. The highest BCUT2D eigenvalue weighted by Gasteiger charge is 2.46. The average molecular weight is 437 g/mol. The lowest BCUT2D eigenvalue weighted by atomic mass is 9.98. The maximum atomic E-state index is 13.0. The van der Waals surface area contributed by atoms with Crippen molar-refractivity contribution < 1.29 is 41.5 Å². The molecule has 1 aromatic rings. The van der Waals surface area contributed by atoms with E-state index in [2.05, 4.69) is 0 Å². The summed E-state index contributed by atoms with van der Waals surface area (Å²) in [5, 5.41) is 0. The molecule has 0 fully saturated rings. The first-order chi connectivity index (χ1) is 13.4. The van der Waals surface area contributed by atoms with Gasteiger partial charge in [-0.15, -0.1) is 0 Å². The van der Waals surface area contributed by atoms with Crippen LogP contribution in [0.25, 0.3) is 0 Å². The molecule has 0 radical (unpaired) electrons. The van der Waals surface area contributed by atoms with Gasteiger partial charge >= 0.3 is 25.6 Å². The van der Waals surface area contributed by atoms with Gasteiger partial charge in [-0.05, 0) is 56.9 Å². The quantitative estimate of drug-likeness (QED) is 0.427. The van der Waals surface area contributed by atoms with E-state index >= 15 is 0 Å². The number of hydrogen-bond acceptors (Lipinski definition) is 5. The summed E-state index contributed by atoms with van der Waals surface area (Å²) < 4.78 is 61.9. The van der Waals surface area contributed by atoms with Crippen molar-refractivity contribution in [3.05, 3.63) is 29.3 Å². The highest BCUT2D eigenvalue weighted by Crippen LogP contribution is 2.55. The van der Waals surface area contributed by atoms with Crippen LogP contribution in [0.1, 0.15) is 44.7 Å². The second-order valence-corrected chi connectivity index (χ2v) is 8.58. The van der Waals surface area contributed by atoms with E-state index in [9.17, 15) is 32.2 Å². The minimum atomic E-state index is -4.59. The highest BCUT2D eigenvalue weighted by atomic mass is 31.2. The van der Waals surface area contributed by atoms with E-state index in [1.165, 1.54) is 6.92 Å². The first-order valence-electron chi connectivity index (χ1n) is 9.13. The van der Waals surface area contributed by atoms with Gasteiger partial charge in [-0.3, -0.25) is 14.3 Å². The zero-order valence-electron chi connectivity index (χ0n) is 16.2. The van der Waals surface area contributed by atoms with Crippen LogP contribution in [-0.2, 0) is 36.0 Å². The number of ether oxygens (including phenoxy) is 1. The number of fused-ring (bicyclic) bond motifs is 1. The van der Waals surface area contributed by atoms with Crippen molar-refractivity contribution in [1.29, 1.82) is 0 Å². The van der Waals surface area contributed by atoms with Gasteiger partial charge in [0.25, 0.3) is 0 Å². The molecule has 0 saturated heterocycles. The minimum absolute atomic E-state index is 0.00490. The van der Waals surface area contributed by atoms with Crippen molar-refractivity contribution in [3.63, 3.8) is 0 Å². The van der Waals surface area contributed by atoms with Gasteiger partial charge in [-0.25, -0.2) is 4.79 Å². The Kier molecular flexibility index (Phi) is 7.14. The van der Waals surface area contributed by atoms with E-state index in [0.29, 0.717) is 6.42 Å². The molecule has 1 aliphatic heterocycles. The van der Waals surface area contributed by atoms with E-state index in [4.69, 9.17) is 9.26 Å². The van der Waals surface area contributed by atoms with Crippen molar-refractivity contribution in [2.45, 2.75) is 58.1 Å². The lowest BCUT2D eigenvalue weighted by molar-refractivity contribution is -0.153. The Morgan fingerprint density at radius 1 is 1.34 bits per heavy atom. The monoisotopic (exact) mass is 437 g/mol. The van der Waals surface area contributed by atoms with E-state index < -0.39 is 43.1 Å².